The smallest absolute Gasteiger partial charge is 0.328 e. The van der Waals surface area contributed by atoms with Gasteiger partial charge >= 0.3 is 5.97 Å². The van der Waals surface area contributed by atoms with Crippen LogP contribution >= 0.6 is 0 Å². The van der Waals surface area contributed by atoms with Crippen molar-refractivity contribution in [2.24, 2.45) is 11.3 Å². The Hall–Kier alpha value is -1.10. The molecule has 0 spiro atoms. The van der Waals surface area contributed by atoms with Crippen LogP contribution in [0.2, 0.25) is 0 Å². The molecule has 1 fully saturated rings. The van der Waals surface area contributed by atoms with Crippen molar-refractivity contribution in [3.05, 3.63) is 0 Å². The molecule has 1 rings (SSSR count). The Morgan fingerprint density at radius 2 is 2.11 bits per heavy atom. The first-order chi connectivity index (χ1) is 8.89. The summed E-state index contributed by atoms with van der Waals surface area (Å²) in [7, 11) is 1.35. The molecule has 0 aromatic carbocycles. The molecule has 0 aromatic rings. The van der Waals surface area contributed by atoms with Gasteiger partial charge in [-0.2, -0.15) is 0 Å². The molecule has 0 bridgehead atoms. The normalized spacial score (nSPS) is 24.9. The Labute approximate surface area is 115 Å². The fraction of sp³-hybridized carbons (Fsp3) is 0.857. The molecule has 5 heteroatoms. The number of ether oxygens (including phenoxy) is 1. The second-order valence-corrected chi connectivity index (χ2v) is 6.02. The van der Waals surface area contributed by atoms with Crippen LogP contribution in [0.5, 0.6) is 0 Å². The van der Waals surface area contributed by atoms with Crippen LogP contribution in [-0.4, -0.2) is 38.1 Å². The quantitative estimate of drug-likeness (QED) is 0.734. The van der Waals surface area contributed by atoms with Crippen LogP contribution in [0.4, 0.5) is 0 Å². The standard InChI is InChI=1S/C14H26N2O3/c1-10(2)8-11(12(17)19-4)16-13(18)14(3)6-5-7-15-9-14/h10-11,15H,5-9H2,1-4H3,(H,16,18). The van der Waals surface area contributed by atoms with Gasteiger partial charge in [0.05, 0.1) is 12.5 Å². The number of methoxy groups -OCH3 is 1. The minimum absolute atomic E-state index is 0.0595. The largest absolute Gasteiger partial charge is 0.467 e. The number of rotatable bonds is 5. The van der Waals surface area contributed by atoms with E-state index in [2.05, 4.69) is 10.6 Å². The minimum atomic E-state index is -0.545. The van der Waals surface area contributed by atoms with Crippen LogP contribution in [0.1, 0.15) is 40.0 Å². The summed E-state index contributed by atoms with van der Waals surface area (Å²) in [4.78, 5) is 24.1. The predicted octanol–water partition coefficient (Wildman–Crippen LogP) is 1.08. The number of amides is 1. The average molecular weight is 270 g/mol. The molecule has 1 heterocycles. The van der Waals surface area contributed by atoms with Gasteiger partial charge in [-0.25, -0.2) is 4.79 Å². The summed E-state index contributed by atoms with van der Waals surface area (Å²) in [6, 6.07) is -0.545. The molecule has 110 valence electrons. The van der Waals surface area contributed by atoms with E-state index in [1.165, 1.54) is 7.11 Å². The van der Waals surface area contributed by atoms with Crippen LogP contribution in [0.15, 0.2) is 0 Å². The van der Waals surface area contributed by atoms with Crippen molar-refractivity contribution >= 4 is 11.9 Å². The van der Waals surface area contributed by atoms with Crippen LogP contribution < -0.4 is 10.6 Å². The lowest BCUT2D eigenvalue weighted by atomic mass is 9.81. The number of hydrogen-bond donors (Lipinski definition) is 2. The summed E-state index contributed by atoms with van der Waals surface area (Å²) >= 11 is 0. The van der Waals surface area contributed by atoms with E-state index in [0.717, 1.165) is 19.4 Å². The molecule has 19 heavy (non-hydrogen) atoms. The molecule has 1 amide bonds. The van der Waals surface area contributed by atoms with Gasteiger partial charge in [0.15, 0.2) is 0 Å². The van der Waals surface area contributed by atoms with E-state index in [4.69, 9.17) is 4.74 Å². The summed E-state index contributed by atoms with van der Waals surface area (Å²) in [5.74, 6) is -0.105. The van der Waals surface area contributed by atoms with Crippen LogP contribution in [0.3, 0.4) is 0 Å². The van der Waals surface area contributed by atoms with Crippen molar-refractivity contribution < 1.29 is 14.3 Å². The molecular formula is C14H26N2O3. The van der Waals surface area contributed by atoms with Gasteiger partial charge in [0.1, 0.15) is 6.04 Å². The highest BCUT2D eigenvalue weighted by atomic mass is 16.5. The third-order valence-electron chi connectivity index (χ3n) is 3.64. The lowest BCUT2D eigenvalue weighted by Gasteiger charge is -2.34. The van der Waals surface area contributed by atoms with Crippen molar-refractivity contribution in [1.82, 2.24) is 10.6 Å². The highest BCUT2D eigenvalue weighted by Gasteiger charge is 2.36. The number of carbonyl (C=O) groups excluding carboxylic acids is 2. The average Bonchev–Trinajstić information content (AvgIpc) is 2.37. The third-order valence-corrected chi connectivity index (χ3v) is 3.64. The Balaban J connectivity index is 2.66. The number of carbonyl (C=O) groups is 2. The first-order valence-corrected chi connectivity index (χ1v) is 6.98. The molecule has 2 atom stereocenters. The van der Waals surface area contributed by atoms with E-state index in [1.54, 1.807) is 0 Å². The molecular weight excluding hydrogens is 244 g/mol. The summed E-state index contributed by atoms with van der Waals surface area (Å²) in [6.07, 6.45) is 2.43. The van der Waals surface area contributed by atoms with Crippen LogP contribution in [-0.2, 0) is 14.3 Å². The zero-order chi connectivity index (χ0) is 14.5. The molecule has 0 aliphatic carbocycles. The summed E-state index contributed by atoms with van der Waals surface area (Å²) in [5, 5.41) is 6.09. The summed E-state index contributed by atoms with van der Waals surface area (Å²) in [6.45, 7) is 7.60. The van der Waals surface area contributed by atoms with Crippen LogP contribution in [0, 0.1) is 11.3 Å². The first kappa shape index (κ1) is 16.0. The fourth-order valence-corrected chi connectivity index (χ4v) is 2.41. The maximum absolute atomic E-state index is 12.4. The van der Waals surface area contributed by atoms with E-state index in [1.807, 2.05) is 20.8 Å². The molecule has 1 aliphatic heterocycles. The maximum atomic E-state index is 12.4. The molecule has 0 aromatic heterocycles. The third kappa shape index (κ3) is 4.49. The van der Waals surface area contributed by atoms with Gasteiger partial charge in [0.25, 0.3) is 0 Å². The first-order valence-electron chi connectivity index (χ1n) is 6.98. The molecule has 1 aliphatic rings. The van der Waals surface area contributed by atoms with Crippen molar-refractivity contribution in [3.63, 3.8) is 0 Å². The molecule has 0 saturated carbocycles. The zero-order valence-electron chi connectivity index (χ0n) is 12.4. The van der Waals surface area contributed by atoms with Gasteiger partial charge in [-0.05, 0) is 38.6 Å². The topological polar surface area (TPSA) is 67.4 Å². The maximum Gasteiger partial charge on any atom is 0.328 e. The van der Waals surface area contributed by atoms with Gasteiger partial charge in [-0.15, -0.1) is 0 Å². The minimum Gasteiger partial charge on any atom is -0.467 e. The van der Waals surface area contributed by atoms with Gasteiger partial charge < -0.3 is 15.4 Å². The van der Waals surface area contributed by atoms with Gasteiger partial charge in [-0.1, -0.05) is 13.8 Å². The molecule has 0 radical (unpaired) electrons. The van der Waals surface area contributed by atoms with Crippen molar-refractivity contribution in [3.8, 4) is 0 Å². The van der Waals surface area contributed by atoms with Gasteiger partial charge in [0.2, 0.25) is 5.91 Å². The molecule has 2 unspecified atom stereocenters. The van der Waals surface area contributed by atoms with E-state index in [-0.39, 0.29) is 11.9 Å². The fourth-order valence-electron chi connectivity index (χ4n) is 2.41. The molecule has 2 N–H and O–H groups in total. The molecule has 5 nitrogen and oxygen atoms in total. The number of piperidine rings is 1. The van der Waals surface area contributed by atoms with Crippen molar-refractivity contribution in [1.29, 1.82) is 0 Å². The number of hydrogen-bond acceptors (Lipinski definition) is 4. The highest BCUT2D eigenvalue weighted by Crippen LogP contribution is 2.26. The van der Waals surface area contributed by atoms with Crippen molar-refractivity contribution in [2.75, 3.05) is 20.2 Å². The Morgan fingerprint density at radius 3 is 2.58 bits per heavy atom. The Bertz CT molecular complexity index is 323. The van der Waals surface area contributed by atoms with E-state index in [0.29, 0.717) is 18.9 Å². The SMILES string of the molecule is COC(=O)C(CC(C)C)NC(=O)C1(C)CCCNC1. The number of nitrogens with one attached hydrogen (secondary N) is 2. The lowest BCUT2D eigenvalue weighted by molar-refractivity contribution is -0.147. The van der Waals surface area contributed by atoms with Gasteiger partial charge in [0, 0.05) is 6.54 Å². The Morgan fingerprint density at radius 1 is 1.42 bits per heavy atom. The molecule has 1 saturated heterocycles. The number of esters is 1. The van der Waals surface area contributed by atoms with E-state index < -0.39 is 11.5 Å². The van der Waals surface area contributed by atoms with Gasteiger partial charge in [-0.3, -0.25) is 4.79 Å². The summed E-state index contributed by atoms with van der Waals surface area (Å²) < 4.78 is 4.77. The second-order valence-electron chi connectivity index (χ2n) is 6.02. The predicted molar refractivity (Wildman–Crippen MR) is 73.6 cm³/mol. The van der Waals surface area contributed by atoms with Crippen molar-refractivity contribution in [2.45, 2.75) is 46.1 Å². The van der Waals surface area contributed by atoms with E-state index >= 15 is 0 Å². The lowest BCUT2D eigenvalue weighted by Crippen LogP contribution is -2.53. The monoisotopic (exact) mass is 270 g/mol. The highest BCUT2D eigenvalue weighted by molar-refractivity contribution is 5.88. The second kappa shape index (κ2) is 6.89. The zero-order valence-corrected chi connectivity index (χ0v) is 12.4. The Kier molecular flexibility index (Phi) is 5.79. The summed E-state index contributed by atoms with van der Waals surface area (Å²) in [5.41, 5.74) is -0.429. The van der Waals surface area contributed by atoms with E-state index in [9.17, 15) is 9.59 Å². The van der Waals surface area contributed by atoms with Crippen LogP contribution in [0.25, 0.3) is 0 Å².